The van der Waals surface area contributed by atoms with Gasteiger partial charge in [0.1, 0.15) is 0 Å². The first-order chi connectivity index (χ1) is 6.42. The van der Waals surface area contributed by atoms with E-state index in [1.54, 1.807) is 0 Å². The van der Waals surface area contributed by atoms with Crippen molar-refractivity contribution < 1.29 is 5.11 Å². The van der Waals surface area contributed by atoms with Crippen molar-refractivity contribution in [1.29, 1.82) is 0 Å². The first-order valence-electron chi connectivity index (χ1n) is 5.80. The molecule has 2 nitrogen and oxygen atoms in total. The van der Waals surface area contributed by atoms with Crippen LogP contribution in [0.3, 0.4) is 0 Å². The minimum Gasteiger partial charge on any atom is -0.392 e. The average molecular weight is 199 g/mol. The Morgan fingerprint density at radius 2 is 1.71 bits per heavy atom. The van der Waals surface area contributed by atoms with Gasteiger partial charge in [-0.1, -0.05) is 40.0 Å². The van der Waals surface area contributed by atoms with Gasteiger partial charge in [-0.25, -0.2) is 0 Å². The highest BCUT2D eigenvalue weighted by molar-refractivity contribution is 4.94. The topological polar surface area (TPSA) is 46.2 Å². The lowest BCUT2D eigenvalue weighted by Crippen LogP contribution is -2.49. The molecule has 14 heavy (non-hydrogen) atoms. The third kappa shape index (κ3) is 2.29. The zero-order chi connectivity index (χ0) is 10.8. The van der Waals surface area contributed by atoms with Crippen LogP contribution in [0.25, 0.3) is 0 Å². The van der Waals surface area contributed by atoms with Crippen molar-refractivity contribution in [2.24, 2.45) is 16.6 Å². The highest BCUT2D eigenvalue weighted by atomic mass is 16.3. The van der Waals surface area contributed by atoms with Crippen molar-refractivity contribution in [3.63, 3.8) is 0 Å². The fourth-order valence-electron chi connectivity index (χ4n) is 2.76. The molecule has 0 saturated heterocycles. The second-order valence-corrected chi connectivity index (χ2v) is 5.90. The Bertz CT molecular complexity index is 177. The molecule has 0 amide bonds. The summed E-state index contributed by atoms with van der Waals surface area (Å²) in [6.07, 6.45) is 5.69. The Balaban J connectivity index is 2.77. The predicted octanol–water partition coefficient (Wildman–Crippen LogP) is 2.30. The first kappa shape index (κ1) is 12.0. The summed E-state index contributed by atoms with van der Waals surface area (Å²) >= 11 is 0. The van der Waals surface area contributed by atoms with Gasteiger partial charge in [0.15, 0.2) is 0 Å². The molecule has 0 spiro atoms. The first-order valence-corrected chi connectivity index (χ1v) is 5.80. The van der Waals surface area contributed by atoms with Crippen molar-refractivity contribution in [2.45, 2.75) is 59.0 Å². The van der Waals surface area contributed by atoms with E-state index in [4.69, 9.17) is 5.73 Å². The number of hydrogen-bond donors (Lipinski definition) is 2. The third-order valence-electron chi connectivity index (χ3n) is 3.66. The van der Waals surface area contributed by atoms with E-state index in [1.165, 1.54) is 19.3 Å². The molecule has 0 aromatic heterocycles. The molecule has 0 aliphatic heterocycles. The zero-order valence-electron chi connectivity index (χ0n) is 9.84. The van der Waals surface area contributed by atoms with Gasteiger partial charge in [0, 0.05) is 12.0 Å². The van der Waals surface area contributed by atoms with E-state index in [9.17, 15) is 5.11 Å². The number of hydrogen-bond acceptors (Lipinski definition) is 2. The van der Waals surface area contributed by atoms with Gasteiger partial charge in [0.05, 0.1) is 6.10 Å². The Kier molecular flexibility index (Phi) is 3.59. The summed E-state index contributed by atoms with van der Waals surface area (Å²) in [6.45, 7) is 6.93. The molecule has 0 aromatic carbocycles. The van der Waals surface area contributed by atoms with Crippen LogP contribution in [0.1, 0.15) is 52.9 Å². The number of aliphatic hydroxyl groups excluding tert-OH is 1. The molecule has 0 aromatic rings. The van der Waals surface area contributed by atoms with Gasteiger partial charge in [0.2, 0.25) is 0 Å². The normalized spacial score (nSPS) is 24.6. The van der Waals surface area contributed by atoms with Crippen LogP contribution in [0.15, 0.2) is 0 Å². The molecule has 1 aliphatic carbocycles. The van der Waals surface area contributed by atoms with E-state index in [0.717, 1.165) is 12.8 Å². The molecule has 84 valence electrons. The van der Waals surface area contributed by atoms with Gasteiger partial charge in [-0.15, -0.1) is 0 Å². The van der Waals surface area contributed by atoms with Gasteiger partial charge in [-0.3, -0.25) is 0 Å². The van der Waals surface area contributed by atoms with Crippen molar-refractivity contribution in [3.8, 4) is 0 Å². The summed E-state index contributed by atoms with van der Waals surface area (Å²) in [4.78, 5) is 0. The summed E-state index contributed by atoms with van der Waals surface area (Å²) < 4.78 is 0. The van der Waals surface area contributed by atoms with Gasteiger partial charge in [0.25, 0.3) is 0 Å². The fourth-order valence-corrected chi connectivity index (χ4v) is 2.76. The Morgan fingerprint density at radius 1 is 1.21 bits per heavy atom. The van der Waals surface area contributed by atoms with Crippen LogP contribution >= 0.6 is 0 Å². The van der Waals surface area contributed by atoms with Gasteiger partial charge in [-0.05, 0) is 18.3 Å². The molecular formula is C12H25NO. The highest BCUT2D eigenvalue weighted by Crippen LogP contribution is 2.44. The van der Waals surface area contributed by atoms with Crippen molar-refractivity contribution in [1.82, 2.24) is 0 Å². The Labute approximate surface area is 87.9 Å². The summed E-state index contributed by atoms with van der Waals surface area (Å²) in [5.41, 5.74) is 5.83. The quantitative estimate of drug-likeness (QED) is 0.717. The van der Waals surface area contributed by atoms with Gasteiger partial charge in [-0.2, -0.15) is 0 Å². The maximum Gasteiger partial charge on any atom is 0.0656 e. The maximum atomic E-state index is 10.4. The molecule has 2 heteroatoms. The lowest BCUT2D eigenvalue weighted by molar-refractivity contribution is -0.0647. The third-order valence-corrected chi connectivity index (χ3v) is 3.66. The Morgan fingerprint density at radius 3 is 2.07 bits per heavy atom. The molecule has 3 N–H and O–H groups in total. The second-order valence-electron chi connectivity index (χ2n) is 5.90. The number of rotatable bonds is 2. The van der Waals surface area contributed by atoms with E-state index < -0.39 is 0 Å². The van der Waals surface area contributed by atoms with Crippen molar-refractivity contribution in [2.75, 3.05) is 6.54 Å². The molecule has 1 unspecified atom stereocenters. The van der Waals surface area contributed by atoms with Crippen LogP contribution in [0.2, 0.25) is 0 Å². The zero-order valence-corrected chi connectivity index (χ0v) is 9.84. The van der Waals surface area contributed by atoms with Crippen LogP contribution in [-0.4, -0.2) is 17.8 Å². The number of aliphatic hydroxyl groups is 1. The molecular weight excluding hydrogens is 174 g/mol. The van der Waals surface area contributed by atoms with Crippen LogP contribution < -0.4 is 5.73 Å². The molecule has 0 radical (unpaired) electrons. The molecule has 1 saturated carbocycles. The predicted molar refractivity (Wildman–Crippen MR) is 60.0 cm³/mol. The largest absolute Gasteiger partial charge is 0.392 e. The monoisotopic (exact) mass is 199 g/mol. The Hall–Kier alpha value is -0.0800. The molecule has 1 atom stereocenters. The fraction of sp³-hybridized carbons (Fsp3) is 1.00. The van der Waals surface area contributed by atoms with E-state index >= 15 is 0 Å². The molecule has 0 bridgehead atoms. The minimum atomic E-state index is -0.264. The summed E-state index contributed by atoms with van der Waals surface area (Å²) in [5.74, 6) is 0. The molecule has 0 heterocycles. The molecule has 1 rings (SSSR count). The summed E-state index contributed by atoms with van der Waals surface area (Å²) in [5, 5.41) is 10.4. The van der Waals surface area contributed by atoms with Crippen LogP contribution in [-0.2, 0) is 0 Å². The van der Waals surface area contributed by atoms with Gasteiger partial charge >= 0.3 is 0 Å². The number of nitrogens with two attached hydrogens (primary N) is 1. The smallest absolute Gasteiger partial charge is 0.0656 e. The highest BCUT2D eigenvalue weighted by Gasteiger charge is 2.43. The SMILES string of the molecule is CC(C)(C)C(O)C1(CN)CCCCC1. The van der Waals surface area contributed by atoms with E-state index in [0.29, 0.717) is 6.54 Å². The van der Waals surface area contributed by atoms with Crippen molar-refractivity contribution >= 4 is 0 Å². The second kappa shape index (κ2) is 4.19. The van der Waals surface area contributed by atoms with Crippen LogP contribution in [0, 0.1) is 10.8 Å². The lowest BCUT2D eigenvalue weighted by atomic mass is 9.63. The molecule has 1 fully saturated rings. The van der Waals surface area contributed by atoms with E-state index in [1.807, 2.05) is 0 Å². The summed E-state index contributed by atoms with van der Waals surface area (Å²) in [7, 11) is 0. The lowest BCUT2D eigenvalue weighted by Gasteiger charge is -2.45. The summed E-state index contributed by atoms with van der Waals surface area (Å²) in [6, 6.07) is 0. The molecule has 1 aliphatic rings. The van der Waals surface area contributed by atoms with Crippen LogP contribution in [0.4, 0.5) is 0 Å². The average Bonchev–Trinajstić information content (AvgIpc) is 2.16. The van der Waals surface area contributed by atoms with Crippen LogP contribution in [0.5, 0.6) is 0 Å². The minimum absolute atomic E-state index is 0.00347. The standard InChI is InChI=1S/C12H25NO/c1-11(2,3)10(14)12(9-13)7-5-4-6-8-12/h10,14H,4-9,13H2,1-3H3. The van der Waals surface area contributed by atoms with E-state index in [2.05, 4.69) is 20.8 Å². The van der Waals surface area contributed by atoms with E-state index in [-0.39, 0.29) is 16.9 Å². The maximum absolute atomic E-state index is 10.4. The van der Waals surface area contributed by atoms with Crippen molar-refractivity contribution in [3.05, 3.63) is 0 Å². The van der Waals surface area contributed by atoms with Gasteiger partial charge < -0.3 is 10.8 Å².